The Kier molecular flexibility index (Phi) is 3.89. The SMILES string of the molecule is Clc1cncc(NC2CCOC3(CCCCC3)C2)n1. The normalized spacial score (nSPS) is 26.3. The Morgan fingerprint density at radius 1 is 1.26 bits per heavy atom. The molecule has 104 valence electrons. The first-order valence-electron chi connectivity index (χ1n) is 7.14. The van der Waals surface area contributed by atoms with Crippen LogP contribution in [-0.2, 0) is 4.74 Å². The number of nitrogens with one attached hydrogen (secondary N) is 1. The molecule has 1 spiro atoms. The third-order valence-corrected chi connectivity index (χ3v) is 4.40. The van der Waals surface area contributed by atoms with Crippen LogP contribution in [0.4, 0.5) is 5.82 Å². The largest absolute Gasteiger partial charge is 0.375 e. The molecule has 1 aromatic rings. The molecule has 3 rings (SSSR count). The fraction of sp³-hybridized carbons (Fsp3) is 0.714. The molecule has 1 N–H and O–H groups in total. The molecule has 2 heterocycles. The number of ether oxygens (including phenoxy) is 1. The number of hydrogen-bond acceptors (Lipinski definition) is 4. The molecule has 0 bridgehead atoms. The maximum atomic E-state index is 6.10. The van der Waals surface area contributed by atoms with E-state index in [2.05, 4.69) is 15.3 Å². The van der Waals surface area contributed by atoms with Crippen molar-refractivity contribution < 1.29 is 4.74 Å². The number of halogens is 1. The van der Waals surface area contributed by atoms with E-state index in [1.54, 1.807) is 12.4 Å². The van der Waals surface area contributed by atoms with Crippen LogP contribution in [-0.4, -0.2) is 28.2 Å². The summed E-state index contributed by atoms with van der Waals surface area (Å²) in [5.41, 5.74) is 0.111. The van der Waals surface area contributed by atoms with Gasteiger partial charge < -0.3 is 10.1 Å². The van der Waals surface area contributed by atoms with Gasteiger partial charge in [0.2, 0.25) is 0 Å². The quantitative estimate of drug-likeness (QED) is 0.902. The van der Waals surface area contributed by atoms with Gasteiger partial charge in [0.05, 0.1) is 18.0 Å². The summed E-state index contributed by atoms with van der Waals surface area (Å²) in [6, 6.07) is 0.416. The van der Waals surface area contributed by atoms with Crippen molar-refractivity contribution in [2.75, 3.05) is 11.9 Å². The fourth-order valence-electron chi connectivity index (χ4n) is 3.32. The molecule has 2 aliphatic rings. The van der Waals surface area contributed by atoms with E-state index in [1.807, 2.05) is 0 Å². The molecular weight excluding hydrogens is 262 g/mol. The van der Waals surface area contributed by atoms with Gasteiger partial charge in [-0.2, -0.15) is 0 Å². The summed E-state index contributed by atoms with van der Waals surface area (Å²) < 4.78 is 6.10. The van der Waals surface area contributed by atoms with E-state index in [0.717, 1.165) is 25.3 Å². The third-order valence-electron chi connectivity index (χ3n) is 4.21. The molecule has 5 heteroatoms. The van der Waals surface area contributed by atoms with Crippen LogP contribution in [0.2, 0.25) is 5.15 Å². The molecule has 2 fully saturated rings. The molecule has 0 aromatic carbocycles. The van der Waals surface area contributed by atoms with Crippen LogP contribution < -0.4 is 5.32 Å². The maximum Gasteiger partial charge on any atom is 0.149 e. The van der Waals surface area contributed by atoms with Crippen molar-refractivity contribution in [3.8, 4) is 0 Å². The van der Waals surface area contributed by atoms with Crippen molar-refractivity contribution in [3.05, 3.63) is 17.5 Å². The monoisotopic (exact) mass is 281 g/mol. The van der Waals surface area contributed by atoms with E-state index in [9.17, 15) is 0 Å². The molecule has 0 amide bonds. The molecule has 1 atom stereocenters. The third kappa shape index (κ3) is 3.18. The Morgan fingerprint density at radius 3 is 2.89 bits per heavy atom. The van der Waals surface area contributed by atoms with Crippen molar-refractivity contribution in [1.29, 1.82) is 0 Å². The predicted molar refractivity (Wildman–Crippen MR) is 75.5 cm³/mol. The Bertz CT molecular complexity index is 429. The van der Waals surface area contributed by atoms with Crippen molar-refractivity contribution in [3.63, 3.8) is 0 Å². The van der Waals surface area contributed by atoms with Gasteiger partial charge in [-0.3, -0.25) is 4.98 Å². The summed E-state index contributed by atoms with van der Waals surface area (Å²) >= 11 is 5.87. The average molecular weight is 282 g/mol. The molecule has 1 unspecified atom stereocenters. The first kappa shape index (κ1) is 13.1. The van der Waals surface area contributed by atoms with Gasteiger partial charge in [0.25, 0.3) is 0 Å². The maximum absolute atomic E-state index is 6.10. The van der Waals surface area contributed by atoms with Crippen molar-refractivity contribution in [2.24, 2.45) is 0 Å². The van der Waals surface area contributed by atoms with Gasteiger partial charge in [0.15, 0.2) is 0 Å². The highest BCUT2D eigenvalue weighted by molar-refractivity contribution is 6.29. The molecule has 0 radical (unpaired) electrons. The number of nitrogens with zero attached hydrogens (tertiary/aromatic N) is 2. The van der Waals surface area contributed by atoms with Crippen LogP contribution in [0.5, 0.6) is 0 Å². The van der Waals surface area contributed by atoms with Gasteiger partial charge in [-0.15, -0.1) is 0 Å². The van der Waals surface area contributed by atoms with Gasteiger partial charge in [0, 0.05) is 12.6 Å². The van der Waals surface area contributed by atoms with Gasteiger partial charge in [-0.1, -0.05) is 30.9 Å². The van der Waals surface area contributed by atoms with E-state index in [1.165, 1.54) is 32.1 Å². The smallest absolute Gasteiger partial charge is 0.149 e. The summed E-state index contributed by atoms with van der Waals surface area (Å²) in [6.07, 6.45) is 11.7. The van der Waals surface area contributed by atoms with E-state index in [-0.39, 0.29) is 5.60 Å². The van der Waals surface area contributed by atoms with Crippen LogP contribution in [0.25, 0.3) is 0 Å². The molecule has 1 aromatic heterocycles. The second kappa shape index (κ2) is 5.63. The van der Waals surface area contributed by atoms with Gasteiger partial charge in [-0.25, -0.2) is 4.98 Å². The van der Waals surface area contributed by atoms with Gasteiger partial charge in [-0.05, 0) is 25.7 Å². The fourth-order valence-corrected chi connectivity index (χ4v) is 3.46. The highest BCUT2D eigenvalue weighted by Crippen LogP contribution is 2.39. The number of hydrogen-bond donors (Lipinski definition) is 1. The Hall–Kier alpha value is -0.870. The highest BCUT2D eigenvalue weighted by Gasteiger charge is 2.38. The van der Waals surface area contributed by atoms with Crippen LogP contribution >= 0.6 is 11.6 Å². The van der Waals surface area contributed by atoms with E-state index < -0.39 is 0 Å². The van der Waals surface area contributed by atoms with E-state index in [4.69, 9.17) is 16.3 Å². The predicted octanol–water partition coefficient (Wildman–Crippen LogP) is 3.42. The van der Waals surface area contributed by atoms with Crippen LogP contribution in [0.3, 0.4) is 0 Å². The highest BCUT2D eigenvalue weighted by atomic mass is 35.5. The lowest BCUT2D eigenvalue weighted by atomic mass is 9.78. The van der Waals surface area contributed by atoms with E-state index >= 15 is 0 Å². The topological polar surface area (TPSA) is 47.0 Å². The number of rotatable bonds is 2. The zero-order chi connectivity index (χ0) is 13.1. The minimum atomic E-state index is 0.111. The first-order chi connectivity index (χ1) is 9.26. The van der Waals surface area contributed by atoms with Gasteiger partial charge >= 0.3 is 0 Å². The zero-order valence-electron chi connectivity index (χ0n) is 11.1. The first-order valence-corrected chi connectivity index (χ1v) is 7.52. The summed E-state index contributed by atoms with van der Waals surface area (Å²) in [5, 5.41) is 3.89. The average Bonchev–Trinajstić information content (AvgIpc) is 2.40. The molecule has 1 aliphatic heterocycles. The standard InChI is InChI=1S/C14H20ClN3O/c15-12-9-16-10-13(18-12)17-11-4-7-19-14(8-11)5-2-1-3-6-14/h9-11H,1-8H2,(H,17,18). The van der Waals surface area contributed by atoms with Crippen LogP contribution in [0.1, 0.15) is 44.9 Å². The number of aromatic nitrogens is 2. The zero-order valence-corrected chi connectivity index (χ0v) is 11.8. The van der Waals surface area contributed by atoms with Gasteiger partial charge in [0.1, 0.15) is 11.0 Å². The lowest BCUT2D eigenvalue weighted by Gasteiger charge is -2.43. The molecule has 4 nitrogen and oxygen atoms in total. The Balaban J connectivity index is 1.65. The minimum Gasteiger partial charge on any atom is -0.375 e. The molecule has 1 saturated carbocycles. The van der Waals surface area contributed by atoms with Crippen LogP contribution in [0, 0.1) is 0 Å². The summed E-state index contributed by atoms with van der Waals surface area (Å²) in [7, 11) is 0. The Morgan fingerprint density at radius 2 is 2.11 bits per heavy atom. The lowest BCUT2D eigenvalue weighted by Crippen LogP contribution is -2.45. The van der Waals surface area contributed by atoms with Crippen molar-refractivity contribution in [1.82, 2.24) is 9.97 Å². The molecular formula is C14H20ClN3O. The molecule has 1 aliphatic carbocycles. The van der Waals surface area contributed by atoms with Crippen LogP contribution in [0.15, 0.2) is 12.4 Å². The molecule has 19 heavy (non-hydrogen) atoms. The lowest BCUT2D eigenvalue weighted by molar-refractivity contribution is -0.103. The number of anilines is 1. The van der Waals surface area contributed by atoms with E-state index in [0.29, 0.717) is 11.2 Å². The Labute approximate surface area is 118 Å². The minimum absolute atomic E-state index is 0.111. The molecule has 1 saturated heterocycles. The summed E-state index contributed by atoms with van der Waals surface area (Å²) in [4.78, 5) is 8.32. The summed E-state index contributed by atoms with van der Waals surface area (Å²) in [5.74, 6) is 0.769. The van der Waals surface area contributed by atoms with Crippen molar-refractivity contribution >= 4 is 17.4 Å². The second-order valence-corrected chi connectivity index (χ2v) is 6.04. The second-order valence-electron chi connectivity index (χ2n) is 5.65. The van der Waals surface area contributed by atoms with Crippen molar-refractivity contribution in [2.45, 2.75) is 56.6 Å². The summed E-state index contributed by atoms with van der Waals surface area (Å²) in [6.45, 7) is 0.839.